The summed E-state index contributed by atoms with van der Waals surface area (Å²) in [5.74, 6) is -1.93. The zero-order valence-corrected chi connectivity index (χ0v) is 13.5. The number of halogens is 5. The van der Waals surface area contributed by atoms with Crippen molar-refractivity contribution in [2.45, 2.75) is 37.9 Å². The summed E-state index contributed by atoms with van der Waals surface area (Å²) in [4.78, 5) is 16.1. The van der Waals surface area contributed by atoms with Crippen LogP contribution in [0.15, 0.2) is 12.1 Å². The number of nitrogens with zero attached hydrogens (tertiary/aromatic N) is 1. The molecule has 1 aliphatic carbocycles. The summed E-state index contributed by atoms with van der Waals surface area (Å²) in [7, 11) is 0. The Labute approximate surface area is 141 Å². The van der Waals surface area contributed by atoms with Crippen molar-refractivity contribution in [2.24, 2.45) is 5.92 Å². The minimum absolute atomic E-state index is 0.0154. The summed E-state index contributed by atoms with van der Waals surface area (Å²) in [6.45, 7) is -1.03. The standard InChI is InChI=1S/C15H17ClF4N2O2/c16-12-6-5-11(14(22-12)24-8-7-17)13(23)21-10-3-1-9(2-4-10)15(18,19)20/h5-6,9-10H,1-4,7-8H2,(H,21,23). The van der Waals surface area contributed by atoms with E-state index in [1.165, 1.54) is 12.1 Å². The Bertz CT molecular complexity index is 575. The lowest BCUT2D eigenvalue weighted by Gasteiger charge is -2.30. The van der Waals surface area contributed by atoms with Crippen LogP contribution in [0.1, 0.15) is 36.0 Å². The highest BCUT2D eigenvalue weighted by molar-refractivity contribution is 6.29. The van der Waals surface area contributed by atoms with Crippen LogP contribution in [0.2, 0.25) is 5.15 Å². The molecule has 2 rings (SSSR count). The molecule has 1 aromatic heterocycles. The summed E-state index contributed by atoms with van der Waals surface area (Å²) < 4.78 is 55.2. The van der Waals surface area contributed by atoms with Gasteiger partial charge in [-0.2, -0.15) is 13.2 Å². The average molecular weight is 369 g/mol. The maximum atomic E-state index is 12.6. The van der Waals surface area contributed by atoms with Gasteiger partial charge in [0.05, 0.1) is 5.92 Å². The van der Waals surface area contributed by atoms with Crippen LogP contribution < -0.4 is 10.1 Å². The molecule has 1 amide bonds. The number of alkyl halides is 4. The first-order valence-corrected chi connectivity index (χ1v) is 7.92. The molecule has 0 radical (unpaired) electrons. The smallest absolute Gasteiger partial charge is 0.391 e. The predicted molar refractivity (Wildman–Crippen MR) is 80.0 cm³/mol. The number of carbonyl (C=O) groups is 1. The molecule has 0 unspecified atom stereocenters. The second-order valence-corrected chi connectivity index (χ2v) is 5.98. The van der Waals surface area contributed by atoms with Crippen molar-refractivity contribution < 1.29 is 27.1 Å². The fourth-order valence-electron chi connectivity index (χ4n) is 2.66. The first-order valence-electron chi connectivity index (χ1n) is 7.54. The molecule has 1 aromatic rings. The third kappa shape index (κ3) is 4.96. The van der Waals surface area contributed by atoms with Crippen LogP contribution in [0, 0.1) is 5.92 Å². The van der Waals surface area contributed by atoms with Gasteiger partial charge in [-0.3, -0.25) is 4.79 Å². The molecular formula is C15H17ClF4N2O2. The SMILES string of the molecule is O=C(NC1CCC(C(F)(F)F)CC1)c1ccc(Cl)nc1OCCF. The maximum Gasteiger partial charge on any atom is 0.391 e. The maximum absolute atomic E-state index is 12.6. The molecule has 9 heteroatoms. The van der Waals surface area contributed by atoms with Crippen LogP contribution in [-0.2, 0) is 0 Å². The van der Waals surface area contributed by atoms with Gasteiger partial charge in [0.1, 0.15) is 24.0 Å². The highest BCUT2D eigenvalue weighted by Crippen LogP contribution is 2.37. The van der Waals surface area contributed by atoms with Crippen molar-refractivity contribution >= 4 is 17.5 Å². The van der Waals surface area contributed by atoms with Crippen LogP contribution >= 0.6 is 11.6 Å². The van der Waals surface area contributed by atoms with Crippen LogP contribution in [0.3, 0.4) is 0 Å². The van der Waals surface area contributed by atoms with E-state index in [0.717, 1.165) is 0 Å². The Kier molecular flexibility index (Phi) is 6.26. The van der Waals surface area contributed by atoms with Gasteiger partial charge in [-0.1, -0.05) is 11.6 Å². The summed E-state index contributed by atoms with van der Waals surface area (Å²) in [6, 6.07) is 2.43. The lowest BCUT2D eigenvalue weighted by Crippen LogP contribution is -2.40. The Hall–Kier alpha value is -1.57. The monoisotopic (exact) mass is 368 g/mol. The van der Waals surface area contributed by atoms with Crippen LogP contribution in [-0.4, -0.2) is 36.4 Å². The Morgan fingerprint density at radius 3 is 2.54 bits per heavy atom. The van der Waals surface area contributed by atoms with Gasteiger partial charge in [-0.05, 0) is 37.8 Å². The minimum Gasteiger partial charge on any atom is -0.474 e. The molecule has 24 heavy (non-hydrogen) atoms. The van der Waals surface area contributed by atoms with E-state index in [2.05, 4.69) is 10.3 Å². The average Bonchev–Trinajstić information content (AvgIpc) is 2.52. The molecule has 0 bridgehead atoms. The number of hydrogen-bond donors (Lipinski definition) is 1. The van der Waals surface area contributed by atoms with E-state index in [9.17, 15) is 22.4 Å². The van der Waals surface area contributed by atoms with Gasteiger partial charge in [-0.15, -0.1) is 0 Å². The number of ether oxygens (including phenoxy) is 1. The fourth-order valence-corrected chi connectivity index (χ4v) is 2.80. The molecule has 1 heterocycles. The second-order valence-electron chi connectivity index (χ2n) is 5.59. The molecule has 0 aromatic carbocycles. The Morgan fingerprint density at radius 1 is 1.29 bits per heavy atom. The molecule has 4 nitrogen and oxygen atoms in total. The molecule has 1 N–H and O–H groups in total. The molecule has 0 spiro atoms. The number of amides is 1. The van der Waals surface area contributed by atoms with Crippen molar-refractivity contribution in [1.82, 2.24) is 10.3 Å². The van der Waals surface area contributed by atoms with Crippen molar-refractivity contribution in [3.05, 3.63) is 22.8 Å². The number of pyridine rings is 1. The van der Waals surface area contributed by atoms with Crippen LogP contribution in [0.4, 0.5) is 17.6 Å². The Balaban J connectivity index is 1.98. The van der Waals surface area contributed by atoms with Crippen molar-refractivity contribution in [2.75, 3.05) is 13.3 Å². The van der Waals surface area contributed by atoms with Crippen molar-refractivity contribution in [3.63, 3.8) is 0 Å². The van der Waals surface area contributed by atoms with E-state index in [0.29, 0.717) is 0 Å². The second kappa shape index (κ2) is 8.00. The van der Waals surface area contributed by atoms with Crippen LogP contribution in [0.25, 0.3) is 0 Å². The van der Waals surface area contributed by atoms with E-state index in [-0.39, 0.29) is 54.9 Å². The number of nitrogens with one attached hydrogen (secondary N) is 1. The summed E-state index contributed by atoms with van der Waals surface area (Å²) in [5.41, 5.74) is 0.0748. The van der Waals surface area contributed by atoms with E-state index < -0.39 is 24.7 Å². The van der Waals surface area contributed by atoms with Crippen molar-refractivity contribution in [3.8, 4) is 5.88 Å². The van der Waals surface area contributed by atoms with E-state index >= 15 is 0 Å². The third-order valence-electron chi connectivity index (χ3n) is 3.91. The highest BCUT2D eigenvalue weighted by atomic mass is 35.5. The Morgan fingerprint density at radius 2 is 1.96 bits per heavy atom. The van der Waals surface area contributed by atoms with Gasteiger partial charge in [0, 0.05) is 6.04 Å². The molecule has 0 atom stereocenters. The summed E-state index contributed by atoms with van der Waals surface area (Å²) >= 11 is 5.73. The summed E-state index contributed by atoms with van der Waals surface area (Å²) in [6.07, 6.45) is -3.73. The predicted octanol–water partition coefficient (Wildman–Crippen LogP) is 3.93. The number of rotatable bonds is 5. The first kappa shape index (κ1) is 18.8. The van der Waals surface area contributed by atoms with E-state index in [1.54, 1.807) is 0 Å². The van der Waals surface area contributed by atoms with Gasteiger partial charge in [0.15, 0.2) is 0 Å². The molecule has 134 valence electrons. The number of hydrogen-bond acceptors (Lipinski definition) is 3. The van der Waals surface area contributed by atoms with Gasteiger partial charge < -0.3 is 10.1 Å². The minimum atomic E-state index is -4.19. The summed E-state index contributed by atoms with van der Waals surface area (Å²) in [5, 5.41) is 2.77. The molecule has 1 fully saturated rings. The lowest BCUT2D eigenvalue weighted by atomic mass is 9.85. The van der Waals surface area contributed by atoms with Gasteiger partial charge in [0.2, 0.25) is 5.88 Å². The molecule has 1 aliphatic rings. The normalized spacial score (nSPS) is 21.4. The fraction of sp³-hybridized carbons (Fsp3) is 0.600. The first-order chi connectivity index (χ1) is 11.3. The molecule has 0 aliphatic heterocycles. The van der Waals surface area contributed by atoms with Crippen LogP contribution in [0.5, 0.6) is 5.88 Å². The quantitative estimate of drug-likeness (QED) is 0.632. The molecule has 0 saturated heterocycles. The number of aromatic nitrogens is 1. The lowest BCUT2D eigenvalue weighted by molar-refractivity contribution is -0.182. The van der Waals surface area contributed by atoms with E-state index in [1.807, 2.05) is 0 Å². The zero-order chi connectivity index (χ0) is 17.7. The number of carbonyl (C=O) groups excluding carboxylic acids is 1. The van der Waals surface area contributed by atoms with Crippen molar-refractivity contribution in [1.29, 1.82) is 0 Å². The zero-order valence-electron chi connectivity index (χ0n) is 12.7. The topological polar surface area (TPSA) is 51.2 Å². The third-order valence-corrected chi connectivity index (χ3v) is 4.12. The van der Waals surface area contributed by atoms with Gasteiger partial charge >= 0.3 is 6.18 Å². The highest BCUT2D eigenvalue weighted by Gasteiger charge is 2.41. The molecular weight excluding hydrogens is 352 g/mol. The largest absolute Gasteiger partial charge is 0.474 e. The van der Waals surface area contributed by atoms with Gasteiger partial charge in [-0.25, -0.2) is 9.37 Å². The van der Waals surface area contributed by atoms with E-state index in [4.69, 9.17) is 16.3 Å². The van der Waals surface area contributed by atoms with Gasteiger partial charge in [0.25, 0.3) is 5.91 Å². The molecule has 1 saturated carbocycles.